The molecule has 0 spiro atoms. The van der Waals surface area contributed by atoms with Crippen LogP contribution in [-0.4, -0.2) is 17.4 Å². The first-order valence-corrected chi connectivity index (χ1v) is 9.31. The fourth-order valence-electron chi connectivity index (χ4n) is 2.38. The van der Waals surface area contributed by atoms with Crippen molar-refractivity contribution in [3.05, 3.63) is 85.6 Å². The number of rotatable bonds is 7. The number of halogens is 1. The van der Waals surface area contributed by atoms with Crippen molar-refractivity contribution in [2.75, 3.05) is 6.54 Å². The van der Waals surface area contributed by atoms with Gasteiger partial charge in [-0.25, -0.2) is 0 Å². The highest BCUT2D eigenvalue weighted by atomic mass is 35.5. The van der Waals surface area contributed by atoms with E-state index in [9.17, 15) is 14.9 Å². The topological polar surface area (TPSA) is 81.5 Å². The number of hydrogen-bond donors (Lipinski definition) is 1. The van der Waals surface area contributed by atoms with Gasteiger partial charge in [0.15, 0.2) is 0 Å². The van der Waals surface area contributed by atoms with Gasteiger partial charge in [-0.15, -0.1) is 11.3 Å². The summed E-state index contributed by atoms with van der Waals surface area (Å²) in [6.07, 6.45) is 0.783. The van der Waals surface area contributed by atoms with E-state index in [1.54, 1.807) is 35.6 Å². The van der Waals surface area contributed by atoms with Crippen LogP contribution >= 0.6 is 22.9 Å². The molecule has 6 nitrogen and oxygen atoms in total. The Morgan fingerprint density at radius 2 is 1.96 bits per heavy atom. The summed E-state index contributed by atoms with van der Waals surface area (Å²) >= 11 is 7.44. The summed E-state index contributed by atoms with van der Waals surface area (Å²) < 4.78 is 5.56. The molecule has 0 aliphatic carbocycles. The predicted molar refractivity (Wildman–Crippen MR) is 105 cm³/mol. The van der Waals surface area contributed by atoms with Gasteiger partial charge in [0, 0.05) is 28.1 Å². The van der Waals surface area contributed by atoms with Crippen LogP contribution in [0.4, 0.5) is 5.69 Å². The molecule has 0 atom stereocenters. The first kappa shape index (κ1) is 18.9. The molecule has 2 aromatic carbocycles. The zero-order valence-corrected chi connectivity index (χ0v) is 15.6. The molecular weight excluding hydrogens is 388 g/mol. The van der Waals surface area contributed by atoms with Crippen molar-refractivity contribution in [2.24, 2.45) is 0 Å². The van der Waals surface area contributed by atoms with Crippen LogP contribution in [0.1, 0.15) is 15.2 Å². The highest BCUT2D eigenvalue weighted by Gasteiger charge is 2.16. The second-order valence-corrected chi connectivity index (χ2v) is 7.05. The van der Waals surface area contributed by atoms with E-state index < -0.39 is 4.92 Å². The molecule has 0 saturated heterocycles. The highest BCUT2D eigenvalue weighted by Crippen LogP contribution is 2.33. The van der Waals surface area contributed by atoms with Gasteiger partial charge in [-0.1, -0.05) is 17.7 Å². The Bertz CT molecular complexity index is 943. The lowest BCUT2D eigenvalue weighted by Crippen LogP contribution is -2.25. The van der Waals surface area contributed by atoms with E-state index in [1.165, 1.54) is 23.1 Å². The quantitative estimate of drug-likeness (QED) is 0.441. The smallest absolute Gasteiger partial charge is 0.313 e. The number of ether oxygens (including phenoxy) is 1. The molecule has 138 valence electrons. The number of nitro benzene ring substituents is 1. The van der Waals surface area contributed by atoms with E-state index >= 15 is 0 Å². The minimum absolute atomic E-state index is 0.0811. The lowest BCUT2D eigenvalue weighted by molar-refractivity contribution is -0.385. The van der Waals surface area contributed by atoms with Gasteiger partial charge in [-0.3, -0.25) is 14.9 Å². The van der Waals surface area contributed by atoms with Crippen molar-refractivity contribution >= 4 is 34.5 Å². The maximum atomic E-state index is 12.2. The summed E-state index contributed by atoms with van der Waals surface area (Å²) in [5, 5.41) is 16.2. The minimum Gasteiger partial charge on any atom is -0.450 e. The first-order chi connectivity index (χ1) is 13.0. The van der Waals surface area contributed by atoms with Gasteiger partial charge >= 0.3 is 5.69 Å². The van der Waals surface area contributed by atoms with Crippen LogP contribution in [0.5, 0.6) is 11.5 Å². The highest BCUT2D eigenvalue weighted by molar-refractivity contribution is 7.09. The number of nitrogens with zero attached hydrogens (tertiary/aromatic N) is 1. The Labute approximate surface area is 164 Å². The summed E-state index contributed by atoms with van der Waals surface area (Å²) in [4.78, 5) is 23.9. The summed E-state index contributed by atoms with van der Waals surface area (Å²) in [7, 11) is 0. The standard InChI is InChI=1S/C19H15ClN2O4S/c20-14-5-8-18(17(12-14)22(24)25)26-15-6-3-13(4-7-15)19(23)21-10-9-16-2-1-11-27-16/h1-8,11-12H,9-10H2,(H,21,23). The van der Waals surface area contributed by atoms with Crippen LogP contribution in [0.3, 0.4) is 0 Å². The summed E-state index contributed by atoms with van der Waals surface area (Å²) in [6, 6.07) is 14.6. The fraction of sp³-hybridized carbons (Fsp3) is 0.105. The average Bonchev–Trinajstić information content (AvgIpc) is 3.17. The molecule has 0 bridgehead atoms. The van der Waals surface area contributed by atoms with Gasteiger partial charge in [0.2, 0.25) is 5.75 Å². The van der Waals surface area contributed by atoms with E-state index in [2.05, 4.69) is 5.32 Å². The Morgan fingerprint density at radius 1 is 1.19 bits per heavy atom. The van der Waals surface area contributed by atoms with Gasteiger partial charge in [-0.2, -0.15) is 0 Å². The number of thiophene rings is 1. The molecule has 0 aliphatic heterocycles. The second-order valence-electron chi connectivity index (χ2n) is 5.58. The monoisotopic (exact) mass is 402 g/mol. The van der Waals surface area contributed by atoms with E-state index in [-0.39, 0.29) is 22.4 Å². The van der Waals surface area contributed by atoms with Crippen molar-refractivity contribution < 1.29 is 14.5 Å². The molecule has 0 saturated carbocycles. The molecular formula is C19H15ClN2O4S. The van der Waals surface area contributed by atoms with Gasteiger partial charge < -0.3 is 10.1 Å². The normalized spacial score (nSPS) is 10.4. The third-order valence-corrected chi connectivity index (χ3v) is 4.87. The molecule has 27 heavy (non-hydrogen) atoms. The Hall–Kier alpha value is -2.90. The zero-order valence-electron chi connectivity index (χ0n) is 14.1. The van der Waals surface area contributed by atoms with Crippen LogP contribution in [0, 0.1) is 10.1 Å². The van der Waals surface area contributed by atoms with E-state index in [1.807, 2.05) is 17.5 Å². The second kappa shape index (κ2) is 8.66. The Balaban J connectivity index is 1.62. The van der Waals surface area contributed by atoms with E-state index in [4.69, 9.17) is 16.3 Å². The zero-order chi connectivity index (χ0) is 19.2. The van der Waals surface area contributed by atoms with Crippen LogP contribution < -0.4 is 10.1 Å². The molecule has 1 aromatic heterocycles. The third kappa shape index (κ3) is 5.06. The average molecular weight is 403 g/mol. The maximum Gasteiger partial charge on any atom is 0.313 e. The molecule has 0 unspecified atom stereocenters. The van der Waals surface area contributed by atoms with Crippen LogP contribution in [-0.2, 0) is 6.42 Å². The number of amides is 1. The molecule has 1 heterocycles. The minimum atomic E-state index is -0.559. The van der Waals surface area contributed by atoms with Crippen molar-refractivity contribution in [3.8, 4) is 11.5 Å². The molecule has 0 radical (unpaired) electrons. The predicted octanol–water partition coefficient (Wildman–Crippen LogP) is 5.07. The van der Waals surface area contributed by atoms with Gasteiger partial charge in [0.25, 0.3) is 5.91 Å². The maximum absolute atomic E-state index is 12.2. The molecule has 8 heteroatoms. The lowest BCUT2D eigenvalue weighted by atomic mass is 10.2. The molecule has 3 aromatic rings. The molecule has 1 amide bonds. The largest absolute Gasteiger partial charge is 0.450 e. The van der Waals surface area contributed by atoms with Crippen LogP contribution in [0.15, 0.2) is 60.0 Å². The van der Waals surface area contributed by atoms with Gasteiger partial charge in [-0.05, 0) is 54.3 Å². The van der Waals surface area contributed by atoms with Gasteiger partial charge in [0.1, 0.15) is 5.75 Å². The number of nitro groups is 1. The Morgan fingerprint density at radius 3 is 2.63 bits per heavy atom. The number of carbonyl (C=O) groups excluding carboxylic acids is 1. The summed E-state index contributed by atoms with van der Waals surface area (Å²) in [5.41, 5.74) is 0.261. The summed E-state index contributed by atoms with van der Waals surface area (Å²) in [5.74, 6) is 0.281. The summed E-state index contributed by atoms with van der Waals surface area (Å²) in [6.45, 7) is 0.550. The third-order valence-electron chi connectivity index (χ3n) is 3.70. The Kier molecular flexibility index (Phi) is 6.05. The van der Waals surface area contributed by atoms with Gasteiger partial charge in [0.05, 0.1) is 4.92 Å². The fourth-order valence-corrected chi connectivity index (χ4v) is 3.25. The number of nitrogens with one attached hydrogen (secondary N) is 1. The van der Waals surface area contributed by atoms with Crippen molar-refractivity contribution in [2.45, 2.75) is 6.42 Å². The van der Waals surface area contributed by atoms with E-state index in [0.717, 1.165) is 6.42 Å². The number of hydrogen-bond acceptors (Lipinski definition) is 5. The first-order valence-electron chi connectivity index (χ1n) is 8.05. The SMILES string of the molecule is O=C(NCCc1cccs1)c1ccc(Oc2ccc(Cl)cc2[N+](=O)[O-])cc1. The van der Waals surface area contributed by atoms with Crippen molar-refractivity contribution in [1.29, 1.82) is 0 Å². The van der Waals surface area contributed by atoms with E-state index in [0.29, 0.717) is 17.9 Å². The van der Waals surface area contributed by atoms with Crippen LogP contribution in [0.2, 0.25) is 5.02 Å². The van der Waals surface area contributed by atoms with Crippen LogP contribution in [0.25, 0.3) is 0 Å². The molecule has 0 fully saturated rings. The molecule has 0 aliphatic rings. The molecule has 3 rings (SSSR count). The number of benzene rings is 2. The lowest BCUT2D eigenvalue weighted by Gasteiger charge is -2.08. The van der Waals surface area contributed by atoms with Crippen molar-refractivity contribution in [1.82, 2.24) is 5.32 Å². The number of carbonyl (C=O) groups is 1. The molecule has 1 N–H and O–H groups in total. The van der Waals surface area contributed by atoms with Crippen molar-refractivity contribution in [3.63, 3.8) is 0 Å².